The second-order valence-electron chi connectivity index (χ2n) is 13.4. The summed E-state index contributed by atoms with van der Waals surface area (Å²) in [4.78, 5) is 27.8. The number of primary amides is 1. The van der Waals surface area contributed by atoms with Crippen LogP contribution in [0.3, 0.4) is 0 Å². The topological polar surface area (TPSA) is 136 Å². The van der Waals surface area contributed by atoms with E-state index in [1.165, 1.54) is 18.9 Å². The van der Waals surface area contributed by atoms with Crippen LogP contribution in [0.1, 0.15) is 79.7 Å². The number of sulfone groups is 1. The van der Waals surface area contributed by atoms with Crippen LogP contribution in [-0.4, -0.2) is 67.7 Å². The number of carbonyl (C=O) groups excluding carboxylic acids is 2. The molecule has 1 saturated carbocycles. The molecule has 6 rings (SSSR count). The van der Waals surface area contributed by atoms with Crippen molar-refractivity contribution in [3.63, 3.8) is 0 Å². The van der Waals surface area contributed by atoms with Gasteiger partial charge in [-0.2, -0.15) is 0 Å². The lowest BCUT2D eigenvalue weighted by Crippen LogP contribution is -2.39. The molecule has 4 N–H and O–H groups in total. The van der Waals surface area contributed by atoms with E-state index in [2.05, 4.69) is 15.5 Å². The normalized spacial score (nSPS) is 24.3. The van der Waals surface area contributed by atoms with Gasteiger partial charge in [-0.3, -0.25) is 9.59 Å². The molecule has 2 amide bonds. The summed E-state index contributed by atoms with van der Waals surface area (Å²) < 4.78 is 49.8. The summed E-state index contributed by atoms with van der Waals surface area (Å²) in [6, 6.07) is 2.86. The van der Waals surface area contributed by atoms with Crippen LogP contribution >= 0.6 is 0 Å². The van der Waals surface area contributed by atoms with Crippen molar-refractivity contribution in [1.29, 1.82) is 0 Å². The average Bonchev–Trinajstić information content (AvgIpc) is 3.65. The third kappa shape index (κ3) is 5.93. The molecule has 4 aliphatic rings. The molecular weight excluding hydrogens is 573 g/mol. The van der Waals surface area contributed by atoms with Crippen molar-refractivity contribution in [3.05, 3.63) is 40.5 Å². The van der Waals surface area contributed by atoms with Crippen LogP contribution in [0, 0.1) is 17.2 Å². The zero-order valence-corrected chi connectivity index (χ0v) is 25.8. The van der Waals surface area contributed by atoms with Gasteiger partial charge in [-0.25, -0.2) is 12.8 Å². The third-order valence-corrected chi connectivity index (χ3v) is 11.7. The van der Waals surface area contributed by atoms with E-state index in [1.54, 1.807) is 10.6 Å². The maximum absolute atomic E-state index is 15.6. The van der Waals surface area contributed by atoms with E-state index in [-0.39, 0.29) is 48.1 Å². The van der Waals surface area contributed by atoms with Crippen LogP contribution in [0.15, 0.2) is 17.0 Å². The van der Waals surface area contributed by atoms with E-state index in [9.17, 15) is 18.0 Å². The van der Waals surface area contributed by atoms with Gasteiger partial charge in [0.05, 0.1) is 46.5 Å². The Bertz CT molecular complexity index is 1540. The Labute approximate surface area is 252 Å². The van der Waals surface area contributed by atoms with Crippen LogP contribution in [0.4, 0.5) is 10.1 Å². The largest absolute Gasteiger partial charge is 0.382 e. The average molecular weight is 616 g/mol. The van der Waals surface area contributed by atoms with Crippen LogP contribution in [-0.2, 0) is 39.0 Å². The molecule has 2 aromatic rings. The summed E-state index contributed by atoms with van der Waals surface area (Å²) in [7, 11) is -3.57. The molecule has 234 valence electrons. The predicted octanol–water partition coefficient (Wildman–Crippen LogP) is 3.28. The van der Waals surface area contributed by atoms with Crippen LogP contribution in [0.5, 0.6) is 0 Å². The molecule has 0 spiro atoms. The molecule has 3 aliphatic heterocycles. The van der Waals surface area contributed by atoms with Gasteiger partial charge in [0.25, 0.3) is 5.91 Å². The number of nitrogens with one attached hydrogen (secondary N) is 2. The van der Waals surface area contributed by atoms with Gasteiger partial charge < -0.3 is 30.6 Å². The third-order valence-electron chi connectivity index (χ3n) is 9.41. The number of amides is 2. The Morgan fingerprint density at radius 3 is 2.51 bits per heavy atom. The number of nitrogens with zero attached hydrogens (tertiary/aromatic N) is 2. The van der Waals surface area contributed by atoms with Crippen molar-refractivity contribution >= 4 is 27.3 Å². The number of rotatable bonds is 8. The predicted molar refractivity (Wildman–Crippen MR) is 160 cm³/mol. The smallest absolute Gasteiger partial charge is 0.253 e. The maximum atomic E-state index is 15.6. The number of anilines is 1. The van der Waals surface area contributed by atoms with Crippen LogP contribution < -0.4 is 16.4 Å². The summed E-state index contributed by atoms with van der Waals surface area (Å²) in [5.74, 6) is -1.62. The van der Waals surface area contributed by atoms with Gasteiger partial charge in [0, 0.05) is 36.3 Å². The van der Waals surface area contributed by atoms with Crippen LogP contribution in [0.2, 0.25) is 0 Å². The van der Waals surface area contributed by atoms with Gasteiger partial charge in [-0.15, -0.1) is 0 Å². The summed E-state index contributed by atoms with van der Waals surface area (Å²) in [5.41, 5.74) is 7.55. The lowest BCUT2D eigenvalue weighted by molar-refractivity contribution is -0.126. The molecule has 12 heteroatoms. The highest BCUT2D eigenvalue weighted by atomic mass is 32.2. The van der Waals surface area contributed by atoms with Gasteiger partial charge in [0.15, 0.2) is 9.84 Å². The van der Waals surface area contributed by atoms with E-state index in [0.29, 0.717) is 66.2 Å². The molecule has 2 fully saturated rings. The van der Waals surface area contributed by atoms with Gasteiger partial charge in [-0.1, -0.05) is 13.8 Å². The first kappa shape index (κ1) is 30.1. The Hall–Kier alpha value is -2.96. The minimum Gasteiger partial charge on any atom is -0.382 e. The van der Waals surface area contributed by atoms with Crippen molar-refractivity contribution in [2.45, 2.75) is 82.9 Å². The number of benzene rings is 1. The minimum absolute atomic E-state index is 0.0321. The van der Waals surface area contributed by atoms with Gasteiger partial charge >= 0.3 is 0 Å². The lowest BCUT2D eigenvalue weighted by Gasteiger charge is -2.31. The molecule has 1 aromatic heterocycles. The first-order chi connectivity index (χ1) is 20.4. The van der Waals surface area contributed by atoms with Crippen molar-refractivity contribution < 1.29 is 27.1 Å². The Balaban J connectivity index is 1.23. The number of fused-ring (bicyclic) bond motifs is 3. The van der Waals surface area contributed by atoms with E-state index in [1.807, 2.05) is 13.8 Å². The Morgan fingerprint density at radius 1 is 1.09 bits per heavy atom. The number of halogens is 1. The number of carbonyl (C=O) groups is 2. The van der Waals surface area contributed by atoms with E-state index in [4.69, 9.17) is 10.5 Å². The van der Waals surface area contributed by atoms with Gasteiger partial charge in [-0.05, 0) is 75.6 Å². The molecule has 10 nitrogen and oxygen atoms in total. The highest BCUT2D eigenvalue weighted by Gasteiger charge is 2.43. The highest BCUT2D eigenvalue weighted by molar-refractivity contribution is 7.91. The fraction of sp³-hybridized carbons (Fsp3) is 0.613. The highest BCUT2D eigenvalue weighted by Crippen LogP contribution is 2.44. The second-order valence-corrected chi connectivity index (χ2v) is 15.3. The summed E-state index contributed by atoms with van der Waals surface area (Å²) in [6.45, 7) is 7.96. The summed E-state index contributed by atoms with van der Waals surface area (Å²) in [5, 5.41) is 6.44. The Morgan fingerprint density at radius 2 is 1.81 bits per heavy atom. The molecule has 0 bridgehead atoms. The number of ether oxygens (including phenoxy) is 1. The maximum Gasteiger partial charge on any atom is 0.253 e. The fourth-order valence-electron chi connectivity index (χ4n) is 7.48. The minimum atomic E-state index is -3.57. The zero-order chi connectivity index (χ0) is 30.5. The van der Waals surface area contributed by atoms with E-state index >= 15 is 4.39 Å². The monoisotopic (exact) mass is 615 g/mol. The van der Waals surface area contributed by atoms with Gasteiger partial charge in [0.1, 0.15) is 5.82 Å². The Kier molecular flexibility index (Phi) is 8.06. The first-order valence-corrected chi connectivity index (χ1v) is 17.0. The molecule has 1 aromatic carbocycles. The van der Waals surface area contributed by atoms with Crippen molar-refractivity contribution in [1.82, 2.24) is 14.8 Å². The molecule has 0 atom stereocenters. The SMILES string of the molecule is CC1(C)Cc2c(c3c(n2-c2cc(F)c(C(N)=O)c(N[C@H]4CC[C@H](C(=O)NCCN5CCCC5)CC4)c2)COC3)S(=O)(=O)C1. The number of nitrogens with two attached hydrogens (primary N) is 1. The zero-order valence-electron chi connectivity index (χ0n) is 25.0. The number of likely N-dealkylation sites (tertiary alicyclic amines) is 1. The quantitative estimate of drug-likeness (QED) is 0.415. The fourth-order valence-corrected chi connectivity index (χ4v) is 9.83. The summed E-state index contributed by atoms with van der Waals surface area (Å²) in [6.07, 6.45) is 5.68. The standard InChI is InChI=1S/C31H42FN5O5S/c1-31(2)15-25-28(43(40,41)18-31)22-16-42-17-26(22)37(25)21-13-23(32)27(29(33)38)24(14-21)35-20-7-5-19(6-8-20)30(39)34-9-12-36-10-3-4-11-36/h13-14,19-20,35H,3-12,15-18H2,1-2H3,(H2,33,38)(H,34,39)/t19-,20-. The number of hydrogen-bond donors (Lipinski definition) is 3. The molecule has 0 radical (unpaired) electrons. The van der Waals surface area contributed by atoms with Crippen molar-refractivity contribution in [3.8, 4) is 5.69 Å². The van der Waals surface area contributed by atoms with Crippen LogP contribution in [0.25, 0.3) is 5.69 Å². The molecule has 4 heterocycles. The molecule has 43 heavy (non-hydrogen) atoms. The molecule has 1 saturated heterocycles. The first-order valence-electron chi connectivity index (χ1n) is 15.4. The number of aromatic nitrogens is 1. The van der Waals surface area contributed by atoms with Crippen molar-refractivity contribution in [2.75, 3.05) is 37.2 Å². The molecule has 1 aliphatic carbocycles. The van der Waals surface area contributed by atoms with E-state index < -0.39 is 27.0 Å². The van der Waals surface area contributed by atoms with E-state index in [0.717, 1.165) is 19.6 Å². The molecule has 0 unspecified atom stereocenters. The number of hydrogen-bond acceptors (Lipinski definition) is 7. The lowest BCUT2D eigenvalue weighted by atomic mass is 9.85. The summed E-state index contributed by atoms with van der Waals surface area (Å²) >= 11 is 0. The van der Waals surface area contributed by atoms with Crippen molar-refractivity contribution in [2.24, 2.45) is 17.1 Å². The second kappa shape index (κ2) is 11.5. The molecular formula is C31H42FN5O5S. The van der Waals surface area contributed by atoms with Gasteiger partial charge in [0.2, 0.25) is 5.91 Å².